The van der Waals surface area contributed by atoms with Crippen molar-refractivity contribution < 1.29 is 5.11 Å². The Kier molecular flexibility index (Phi) is 4.76. The Balaban J connectivity index is 1.69. The fourth-order valence-corrected chi connectivity index (χ4v) is 2.08. The van der Waals surface area contributed by atoms with Crippen molar-refractivity contribution in [2.75, 3.05) is 6.54 Å². The van der Waals surface area contributed by atoms with E-state index in [1.165, 1.54) is 0 Å². The summed E-state index contributed by atoms with van der Waals surface area (Å²) in [4.78, 5) is 7.88. The zero-order valence-corrected chi connectivity index (χ0v) is 11.6. The SMILES string of the molecule is Cc1cn(CCCNCc2cc(O)nc(Cl)c2)cn1. The van der Waals surface area contributed by atoms with Crippen LogP contribution in [0.3, 0.4) is 0 Å². The third-order valence-corrected chi connectivity index (χ3v) is 2.90. The van der Waals surface area contributed by atoms with Crippen molar-refractivity contribution in [1.82, 2.24) is 19.9 Å². The Labute approximate surface area is 117 Å². The molecule has 0 amide bonds. The van der Waals surface area contributed by atoms with Gasteiger partial charge in [-0.1, -0.05) is 11.6 Å². The molecule has 0 radical (unpaired) electrons. The predicted molar refractivity (Wildman–Crippen MR) is 74.2 cm³/mol. The van der Waals surface area contributed by atoms with Crippen LogP contribution >= 0.6 is 11.6 Å². The average molecular weight is 281 g/mol. The van der Waals surface area contributed by atoms with Crippen LogP contribution in [0.15, 0.2) is 24.7 Å². The van der Waals surface area contributed by atoms with Crippen molar-refractivity contribution in [3.63, 3.8) is 0 Å². The van der Waals surface area contributed by atoms with E-state index in [1.807, 2.05) is 19.4 Å². The summed E-state index contributed by atoms with van der Waals surface area (Å²) in [5.41, 5.74) is 1.96. The van der Waals surface area contributed by atoms with Gasteiger partial charge in [0.1, 0.15) is 5.15 Å². The summed E-state index contributed by atoms with van der Waals surface area (Å²) in [6, 6.07) is 3.35. The Bertz CT molecular complexity index is 521. The molecule has 0 atom stereocenters. The van der Waals surface area contributed by atoms with Crippen molar-refractivity contribution in [2.45, 2.75) is 26.4 Å². The second-order valence-corrected chi connectivity index (χ2v) is 4.83. The molecule has 0 aliphatic heterocycles. The first-order chi connectivity index (χ1) is 9.13. The van der Waals surface area contributed by atoms with Crippen LogP contribution in [0, 0.1) is 6.92 Å². The van der Waals surface area contributed by atoms with Crippen LogP contribution in [0.25, 0.3) is 0 Å². The lowest BCUT2D eigenvalue weighted by Gasteiger charge is -2.06. The summed E-state index contributed by atoms with van der Waals surface area (Å²) in [5, 5.41) is 12.9. The van der Waals surface area contributed by atoms with Crippen LogP contribution in [0.2, 0.25) is 5.15 Å². The summed E-state index contributed by atoms with van der Waals surface area (Å²) in [6.07, 6.45) is 4.89. The zero-order chi connectivity index (χ0) is 13.7. The molecule has 0 bridgehead atoms. The van der Waals surface area contributed by atoms with Crippen molar-refractivity contribution in [3.05, 3.63) is 41.1 Å². The third kappa shape index (κ3) is 4.54. The minimum atomic E-state index is -0.0433. The molecule has 19 heavy (non-hydrogen) atoms. The molecule has 0 spiro atoms. The molecule has 5 nitrogen and oxygen atoms in total. The average Bonchev–Trinajstić information content (AvgIpc) is 2.73. The lowest BCUT2D eigenvalue weighted by molar-refractivity contribution is 0.452. The topological polar surface area (TPSA) is 63.0 Å². The number of hydrogen-bond donors (Lipinski definition) is 2. The van der Waals surface area contributed by atoms with Crippen LogP contribution in [0.4, 0.5) is 0 Å². The number of nitrogens with zero attached hydrogens (tertiary/aromatic N) is 3. The van der Waals surface area contributed by atoms with Crippen LogP contribution in [0.1, 0.15) is 17.7 Å². The lowest BCUT2D eigenvalue weighted by atomic mass is 10.2. The Morgan fingerprint density at radius 3 is 2.95 bits per heavy atom. The molecule has 0 aliphatic carbocycles. The van der Waals surface area contributed by atoms with Crippen molar-refractivity contribution in [2.24, 2.45) is 0 Å². The fraction of sp³-hybridized carbons (Fsp3) is 0.385. The first kappa shape index (κ1) is 13.8. The summed E-state index contributed by atoms with van der Waals surface area (Å²) >= 11 is 5.76. The van der Waals surface area contributed by atoms with E-state index in [0.29, 0.717) is 11.7 Å². The fourth-order valence-electron chi connectivity index (χ4n) is 1.85. The maximum absolute atomic E-state index is 9.31. The van der Waals surface area contributed by atoms with Crippen LogP contribution in [0.5, 0.6) is 5.88 Å². The van der Waals surface area contributed by atoms with E-state index in [2.05, 4.69) is 19.9 Å². The highest BCUT2D eigenvalue weighted by Crippen LogP contribution is 2.14. The van der Waals surface area contributed by atoms with Gasteiger partial charge < -0.3 is 15.0 Å². The monoisotopic (exact) mass is 280 g/mol. The van der Waals surface area contributed by atoms with Crippen LogP contribution < -0.4 is 5.32 Å². The van der Waals surface area contributed by atoms with Gasteiger partial charge in [0.25, 0.3) is 0 Å². The molecule has 102 valence electrons. The highest BCUT2D eigenvalue weighted by molar-refractivity contribution is 6.29. The van der Waals surface area contributed by atoms with Gasteiger partial charge in [-0.2, -0.15) is 0 Å². The number of rotatable bonds is 6. The van der Waals surface area contributed by atoms with Gasteiger partial charge in [0.05, 0.1) is 12.0 Å². The maximum atomic E-state index is 9.31. The molecule has 0 unspecified atom stereocenters. The van der Waals surface area contributed by atoms with Gasteiger partial charge in [-0.25, -0.2) is 9.97 Å². The van der Waals surface area contributed by atoms with Gasteiger partial charge in [-0.3, -0.25) is 0 Å². The molecule has 0 saturated carbocycles. The molecule has 2 rings (SSSR count). The first-order valence-electron chi connectivity index (χ1n) is 6.18. The molecule has 2 N–H and O–H groups in total. The third-order valence-electron chi connectivity index (χ3n) is 2.70. The number of aromatic hydroxyl groups is 1. The van der Waals surface area contributed by atoms with Gasteiger partial charge in [-0.15, -0.1) is 0 Å². The van der Waals surface area contributed by atoms with Crippen molar-refractivity contribution in [1.29, 1.82) is 0 Å². The summed E-state index contributed by atoms with van der Waals surface area (Å²) in [7, 11) is 0. The quantitative estimate of drug-likeness (QED) is 0.628. The maximum Gasteiger partial charge on any atom is 0.212 e. The van der Waals surface area contributed by atoms with E-state index < -0.39 is 0 Å². The van der Waals surface area contributed by atoms with E-state index in [1.54, 1.807) is 12.1 Å². The minimum Gasteiger partial charge on any atom is -0.493 e. The predicted octanol–water partition coefficient (Wildman–Crippen LogP) is 2.13. The first-order valence-corrected chi connectivity index (χ1v) is 6.56. The second kappa shape index (κ2) is 6.54. The Hall–Kier alpha value is -1.59. The zero-order valence-electron chi connectivity index (χ0n) is 10.8. The highest BCUT2D eigenvalue weighted by Gasteiger charge is 2.00. The summed E-state index contributed by atoms with van der Waals surface area (Å²) < 4.78 is 2.08. The number of nitrogens with one attached hydrogen (secondary N) is 1. The number of imidazole rings is 1. The van der Waals surface area contributed by atoms with Crippen LogP contribution in [-0.4, -0.2) is 26.2 Å². The molecule has 6 heteroatoms. The minimum absolute atomic E-state index is 0.0433. The van der Waals surface area contributed by atoms with Crippen LogP contribution in [-0.2, 0) is 13.1 Å². The Morgan fingerprint density at radius 2 is 2.26 bits per heavy atom. The molecule has 0 saturated heterocycles. The molecule has 2 aromatic heterocycles. The standard InChI is InChI=1S/C13H17ClN4O/c1-10-8-18(9-16-10)4-2-3-15-7-11-5-12(14)17-13(19)6-11/h5-6,8-9,15H,2-4,7H2,1H3,(H,17,19). The van der Waals surface area contributed by atoms with Gasteiger partial charge >= 0.3 is 0 Å². The van der Waals surface area contributed by atoms with Gasteiger partial charge in [-0.05, 0) is 31.5 Å². The number of pyridine rings is 1. The van der Waals surface area contributed by atoms with E-state index in [4.69, 9.17) is 11.6 Å². The van der Waals surface area contributed by atoms with Gasteiger partial charge in [0.2, 0.25) is 5.88 Å². The molecule has 0 aromatic carbocycles. The molecular formula is C13H17ClN4O. The largest absolute Gasteiger partial charge is 0.493 e. The summed E-state index contributed by atoms with van der Waals surface area (Å²) in [5.74, 6) is -0.0433. The number of hydrogen-bond acceptors (Lipinski definition) is 4. The highest BCUT2D eigenvalue weighted by atomic mass is 35.5. The normalized spacial score (nSPS) is 10.8. The summed E-state index contributed by atoms with van der Waals surface area (Å²) in [6.45, 7) is 4.47. The van der Waals surface area contributed by atoms with E-state index >= 15 is 0 Å². The molecule has 2 aromatic rings. The van der Waals surface area contributed by atoms with E-state index in [-0.39, 0.29) is 5.88 Å². The molecule has 0 fully saturated rings. The number of halogens is 1. The number of aromatic nitrogens is 3. The number of aryl methyl sites for hydroxylation is 2. The van der Waals surface area contributed by atoms with E-state index in [9.17, 15) is 5.11 Å². The molecular weight excluding hydrogens is 264 g/mol. The Morgan fingerprint density at radius 1 is 1.42 bits per heavy atom. The van der Waals surface area contributed by atoms with E-state index in [0.717, 1.165) is 30.8 Å². The second-order valence-electron chi connectivity index (χ2n) is 4.44. The van der Waals surface area contributed by atoms with Crippen molar-refractivity contribution >= 4 is 11.6 Å². The lowest BCUT2D eigenvalue weighted by Crippen LogP contribution is -2.16. The molecule has 0 aliphatic rings. The smallest absolute Gasteiger partial charge is 0.212 e. The van der Waals surface area contributed by atoms with Crippen molar-refractivity contribution in [3.8, 4) is 5.88 Å². The van der Waals surface area contributed by atoms with Gasteiger partial charge in [0.15, 0.2) is 0 Å². The van der Waals surface area contributed by atoms with Gasteiger partial charge in [0, 0.05) is 25.4 Å². The molecule has 2 heterocycles.